The van der Waals surface area contributed by atoms with E-state index in [-0.39, 0.29) is 6.42 Å². The van der Waals surface area contributed by atoms with Gasteiger partial charge in [0.15, 0.2) is 0 Å². The van der Waals surface area contributed by atoms with Gasteiger partial charge >= 0.3 is 5.97 Å². The molecule has 0 aliphatic carbocycles. The maximum Gasteiger partial charge on any atom is 0.307 e. The van der Waals surface area contributed by atoms with Crippen molar-refractivity contribution in [2.24, 2.45) is 0 Å². The Bertz CT molecular complexity index is 612. The Labute approximate surface area is 117 Å². The molecule has 0 radical (unpaired) electrons. The van der Waals surface area contributed by atoms with Gasteiger partial charge < -0.3 is 10.4 Å². The van der Waals surface area contributed by atoms with Crippen LogP contribution in [0.5, 0.6) is 0 Å². The first-order valence-electron chi connectivity index (χ1n) is 5.77. The van der Waals surface area contributed by atoms with E-state index >= 15 is 0 Å². The third-order valence-electron chi connectivity index (χ3n) is 2.40. The molecule has 1 rings (SSSR count). The van der Waals surface area contributed by atoms with Crippen LogP contribution >= 0.6 is 0 Å². The molecule has 0 fully saturated rings. The van der Waals surface area contributed by atoms with E-state index in [0.717, 1.165) is 6.26 Å². The Morgan fingerprint density at radius 3 is 2.45 bits per heavy atom. The van der Waals surface area contributed by atoms with Crippen LogP contribution in [0.25, 0.3) is 0 Å². The number of carbonyl (C=O) groups excluding carboxylic acids is 1. The van der Waals surface area contributed by atoms with Crippen LogP contribution in [0.3, 0.4) is 0 Å². The number of anilines is 1. The van der Waals surface area contributed by atoms with Gasteiger partial charge in [0, 0.05) is 5.69 Å². The summed E-state index contributed by atoms with van der Waals surface area (Å²) in [5.41, 5.74) is 0.793. The Kier molecular flexibility index (Phi) is 5.23. The lowest BCUT2D eigenvalue weighted by Crippen LogP contribution is -2.41. The number of nitrogens with one attached hydrogen (secondary N) is 2. The number of amides is 1. The maximum absolute atomic E-state index is 11.8. The van der Waals surface area contributed by atoms with E-state index in [1.54, 1.807) is 24.3 Å². The first kappa shape index (κ1) is 16.1. The van der Waals surface area contributed by atoms with Gasteiger partial charge in [-0.05, 0) is 18.6 Å². The van der Waals surface area contributed by atoms with Crippen LogP contribution in [-0.2, 0) is 26.0 Å². The lowest BCUT2D eigenvalue weighted by molar-refractivity contribution is -0.136. The number of para-hydroxylation sites is 1. The van der Waals surface area contributed by atoms with E-state index in [2.05, 4.69) is 10.0 Å². The average Bonchev–Trinajstić information content (AvgIpc) is 2.28. The van der Waals surface area contributed by atoms with Crippen LogP contribution in [0.4, 0.5) is 5.69 Å². The summed E-state index contributed by atoms with van der Waals surface area (Å²) in [4.78, 5) is 22.6. The van der Waals surface area contributed by atoms with Gasteiger partial charge in [-0.15, -0.1) is 0 Å². The molecule has 1 unspecified atom stereocenters. The lowest BCUT2D eigenvalue weighted by atomic mass is 10.1. The lowest BCUT2D eigenvalue weighted by Gasteiger charge is -2.14. The average molecular weight is 300 g/mol. The fourth-order valence-corrected chi connectivity index (χ4v) is 2.32. The van der Waals surface area contributed by atoms with Crippen LogP contribution in [-0.4, -0.2) is 37.7 Å². The molecule has 0 bridgehead atoms. The topological polar surface area (TPSA) is 113 Å². The summed E-state index contributed by atoms with van der Waals surface area (Å²) < 4.78 is 24.2. The van der Waals surface area contributed by atoms with Gasteiger partial charge in [-0.2, -0.15) is 0 Å². The zero-order valence-corrected chi connectivity index (χ0v) is 11.9. The van der Waals surface area contributed by atoms with Crippen LogP contribution in [0.1, 0.15) is 12.5 Å². The van der Waals surface area contributed by atoms with Crippen molar-refractivity contribution in [1.29, 1.82) is 0 Å². The van der Waals surface area contributed by atoms with E-state index in [1.165, 1.54) is 6.92 Å². The van der Waals surface area contributed by atoms with Crippen molar-refractivity contribution in [2.45, 2.75) is 19.4 Å². The van der Waals surface area contributed by atoms with Crippen molar-refractivity contribution >= 4 is 27.6 Å². The van der Waals surface area contributed by atoms with Crippen molar-refractivity contribution in [3.63, 3.8) is 0 Å². The summed E-state index contributed by atoms with van der Waals surface area (Å²) in [6.07, 6.45) is 0.722. The number of aliphatic carboxylic acids is 1. The summed E-state index contributed by atoms with van der Waals surface area (Å²) >= 11 is 0. The highest BCUT2D eigenvalue weighted by Gasteiger charge is 2.18. The molecule has 0 aliphatic heterocycles. The number of hydrogen-bond donors (Lipinski definition) is 3. The molecular weight excluding hydrogens is 284 g/mol. The fraction of sp³-hybridized carbons (Fsp3) is 0.333. The van der Waals surface area contributed by atoms with Gasteiger partial charge in [-0.1, -0.05) is 18.2 Å². The van der Waals surface area contributed by atoms with Gasteiger partial charge in [-0.3, -0.25) is 9.59 Å². The summed E-state index contributed by atoms with van der Waals surface area (Å²) in [5, 5.41) is 11.3. The van der Waals surface area contributed by atoms with E-state index in [9.17, 15) is 18.0 Å². The Morgan fingerprint density at radius 1 is 1.30 bits per heavy atom. The van der Waals surface area contributed by atoms with Crippen molar-refractivity contribution in [2.75, 3.05) is 11.6 Å². The second kappa shape index (κ2) is 6.49. The predicted molar refractivity (Wildman–Crippen MR) is 73.9 cm³/mol. The molecule has 0 aliphatic rings. The first-order chi connectivity index (χ1) is 9.19. The minimum Gasteiger partial charge on any atom is -0.481 e. The summed E-state index contributed by atoms with van der Waals surface area (Å²) in [5.74, 6) is -1.58. The molecule has 0 saturated carbocycles. The molecule has 1 aromatic rings. The van der Waals surface area contributed by atoms with Gasteiger partial charge in [-0.25, -0.2) is 13.1 Å². The van der Waals surface area contributed by atoms with E-state index < -0.39 is 27.9 Å². The fourth-order valence-electron chi connectivity index (χ4n) is 1.57. The number of carboxylic acid groups (broad SMARTS) is 1. The molecule has 1 atom stereocenters. The summed E-state index contributed by atoms with van der Waals surface area (Å²) in [6.45, 7) is 1.40. The molecule has 20 heavy (non-hydrogen) atoms. The Hall–Kier alpha value is -1.93. The molecule has 3 N–H and O–H groups in total. The molecule has 1 aromatic carbocycles. The van der Waals surface area contributed by atoms with Crippen LogP contribution in [0.15, 0.2) is 24.3 Å². The van der Waals surface area contributed by atoms with E-state index in [0.29, 0.717) is 11.3 Å². The van der Waals surface area contributed by atoms with E-state index in [4.69, 9.17) is 5.11 Å². The molecule has 0 saturated heterocycles. The molecule has 1 amide bonds. The second-order valence-corrected chi connectivity index (χ2v) is 6.11. The highest BCUT2D eigenvalue weighted by molar-refractivity contribution is 7.88. The predicted octanol–water partition coefficient (Wildman–Crippen LogP) is 0.190. The highest BCUT2D eigenvalue weighted by atomic mass is 32.2. The number of carbonyl (C=O) groups is 2. The summed E-state index contributed by atoms with van der Waals surface area (Å²) in [7, 11) is -3.49. The van der Waals surface area contributed by atoms with Gasteiger partial charge in [0.25, 0.3) is 0 Å². The maximum atomic E-state index is 11.8. The zero-order valence-electron chi connectivity index (χ0n) is 11.1. The van der Waals surface area contributed by atoms with Crippen molar-refractivity contribution in [1.82, 2.24) is 4.72 Å². The molecule has 0 spiro atoms. The minimum absolute atomic E-state index is 0.232. The Balaban J connectivity index is 2.83. The van der Waals surface area contributed by atoms with Gasteiger partial charge in [0.2, 0.25) is 15.9 Å². The second-order valence-electron chi connectivity index (χ2n) is 4.33. The summed E-state index contributed by atoms with van der Waals surface area (Å²) in [6, 6.07) is 5.49. The van der Waals surface area contributed by atoms with Gasteiger partial charge in [0.05, 0.1) is 18.7 Å². The van der Waals surface area contributed by atoms with Crippen molar-refractivity contribution in [3.05, 3.63) is 29.8 Å². The molecule has 0 heterocycles. The number of rotatable bonds is 6. The third kappa shape index (κ3) is 5.37. The molecule has 110 valence electrons. The molecule has 8 heteroatoms. The largest absolute Gasteiger partial charge is 0.481 e. The van der Waals surface area contributed by atoms with E-state index in [1.807, 2.05) is 0 Å². The first-order valence-corrected chi connectivity index (χ1v) is 7.66. The van der Waals surface area contributed by atoms with Crippen molar-refractivity contribution < 1.29 is 23.1 Å². The smallest absolute Gasteiger partial charge is 0.307 e. The van der Waals surface area contributed by atoms with Crippen LogP contribution < -0.4 is 10.0 Å². The molecular formula is C12H16N2O5S. The minimum atomic E-state index is -3.49. The Morgan fingerprint density at radius 2 is 1.90 bits per heavy atom. The number of carboxylic acids is 1. The third-order valence-corrected chi connectivity index (χ3v) is 3.18. The standard InChI is InChI=1S/C12H16N2O5S/c1-8(14-20(2,18)19)12(17)13-10-6-4-3-5-9(10)7-11(15)16/h3-6,8,14H,7H2,1-2H3,(H,13,17)(H,15,16). The zero-order chi connectivity index (χ0) is 15.3. The van der Waals surface area contributed by atoms with Gasteiger partial charge in [0.1, 0.15) is 0 Å². The monoisotopic (exact) mass is 300 g/mol. The van der Waals surface area contributed by atoms with Crippen LogP contribution in [0, 0.1) is 0 Å². The highest BCUT2D eigenvalue weighted by Crippen LogP contribution is 2.16. The van der Waals surface area contributed by atoms with Crippen molar-refractivity contribution in [3.8, 4) is 0 Å². The molecule has 0 aromatic heterocycles. The molecule has 7 nitrogen and oxygen atoms in total. The number of hydrogen-bond acceptors (Lipinski definition) is 4. The number of sulfonamides is 1. The normalized spacial score (nSPS) is 12.7. The van der Waals surface area contributed by atoms with Crippen LogP contribution in [0.2, 0.25) is 0 Å². The number of benzene rings is 1. The SMILES string of the molecule is CC(NS(C)(=O)=O)C(=O)Nc1ccccc1CC(=O)O. The quantitative estimate of drug-likeness (QED) is 0.694.